The van der Waals surface area contributed by atoms with E-state index in [1.165, 1.54) is 12.1 Å². The Labute approximate surface area is 105 Å². The minimum atomic E-state index is -0.637. The molecule has 2 N–H and O–H groups in total. The van der Waals surface area contributed by atoms with Gasteiger partial charge in [0.1, 0.15) is 11.6 Å². The van der Waals surface area contributed by atoms with Gasteiger partial charge in [-0.25, -0.2) is 8.78 Å². The lowest BCUT2D eigenvalue weighted by molar-refractivity contribution is 0.104. The van der Waals surface area contributed by atoms with E-state index in [4.69, 9.17) is 4.74 Å². The summed E-state index contributed by atoms with van der Waals surface area (Å²) in [4.78, 5) is 0. The standard InChI is InChI=1S/C13H17F2NO2/c14-10-4-9(5-11(15)6-10)13(8-17)16-7-12-2-1-3-18-12/h4-6,12-13,16-17H,1-3,7-8H2. The Balaban J connectivity index is 1.98. The Bertz CT molecular complexity index is 374. The molecule has 1 aliphatic heterocycles. The van der Waals surface area contributed by atoms with Crippen molar-refractivity contribution in [3.63, 3.8) is 0 Å². The second-order valence-electron chi connectivity index (χ2n) is 4.48. The highest BCUT2D eigenvalue weighted by atomic mass is 19.1. The van der Waals surface area contributed by atoms with Crippen LogP contribution in [0.1, 0.15) is 24.4 Å². The predicted octanol–water partition coefficient (Wildman–Crippen LogP) is 1.77. The summed E-state index contributed by atoms with van der Waals surface area (Å²) in [6, 6.07) is 2.80. The van der Waals surface area contributed by atoms with Gasteiger partial charge in [0.15, 0.2) is 0 Å². The number of benzene rings is 1. The second-order valence-corrected chi connectivity index (χ2v) is 4.48. The van der Waals surface area contributed by atoms with E-state index in [-0.39, 0.29) is 12.7 Å². The van der Waals surface area contributed by atoms with E-state index in [0.717, 1.165) is 25.5 Å². The van der Waals surface area contributed by atoms with Crippen molar-refractivity contribution in [3.05, 3.63) is 35.4 Å². The van der Waals surface area contributed by atoms with Crippen LogP contribution in [0.25, 0.3) is 0 Å². The molecule has 1 aromatic rings. The Morgan fingerprint density at radius 1 is 1.33 bits per heavy atom. The number of hydrogen-bond acceptors (Lipinski definition) is 3. The molecule has 0 saturated carbocycles. The molecular formula is C13H17F2NO2. The zero-order chi connectivity index (χ0) is 13.0. The molecule has 1 aliphatic rings. The largest absolute Gasteiger partial charge is 0.394 e. The molecule has 0 aromatic heterocycles. The smallest absolute Gasteiger partial charge is 0.126 e. The van der Waals surface area contributed by atoms with Crippen molar-refractivity contribution in [1.82, 2.24) is 5.32 Å². The quantitative estimate of drug-likeness (QED) is 0.844. The molecule has 0 aliphatic carbocycles. The van der Waals surface area contributed by atoms with Gasteiger partial charge in [-0.15, -0.1) is 0 Å². The van der Waals surface area contributed by atoms with E-state index < -0.39 is 17.7 Å². The normalized spacial score (nSPS) is 21.2. The SMILES string of the molecule is OCC(NCC1CCCO1)c1cc(F)cc(F)c1. The van der Waals surface area contributed by atoms with E-state index >= 15 is 0 Å². The molecule has 0 bridgehead atoms. The van der Waals surface area contributed by atoms with E-state index in [9.17, 15) is 13.9 Å². The molecule has 1 heterocycles. The summed E-state index contributed by atoms with van der Waals surface area (Å²) in [7, 11) is 0. The van der Waals surface area contributed by atoms with Gasteiger partial charge in [0.25, 0.3) is 0 Å². The van der Waals surface area contributed by atoms with E-state index in [2.05, 4.69) is 5.32 Å². The number of aliphatic hydroxyl groups excluding tert-OH is 1. The second kappa shape index (κ2) is 6.22. The average molecular weight is 257 g/mol. The fourth-order valence-electron chi connectivity index (χ4n) is 2.14. The van der Waals surface area contributed by atoms with Gasteiger partial charge in [-0.3, -0.25) is 0 Å². The number of rotatable bonds is 5. The fraction of sp³-hybridized carbons (Fsp3) is 0.538. The van der Waals surface area contributed by atoms with Crippen molar-refractivity contribution in [2.24, 2.45) is 0 Å². The maximum absolute atomic E-state index is 13.1. The Kier molecular flexibility index (Phi) is 4.63. The zero-order valence-electron chi connectivity index (χ0n) is 10.0. The highest BCUT2D eigenvalue weighted by molar-refractivity contribution is 5.21. The number of ether oxygens (including phenoxy) is 1. The first-order valence-corrected chi connectivity index (χ1v) is 6.11. The molecule has 0 amide bonds. The van der Waals surface area contributed by atoms with Crippen molar-refractivity contribution >= 4 is 0 Å². The zero-order valence-corrected chi connectivity index (χ0v) is 10.0. The molecular weight excluding hydrogens is 240 g/mol. The van der Waals surface area contributed by atoms with Crippen molar-refractivity contribution in [2.45, 2.75) is 25.0 Å². The lowest BCUT2D eigenvalue weighted by Crippen LogP contribution is -2.32. The van der Waals surface area contributed by atoms with Crippen LogP contribution in [0.2, 0.25) is 0 Å². The first kappa shape index (κ1) is 13.4. The molecule has 2 atom stereocenters. The van der Waals surface area contributed by atoms with Crippen molar-refractivity contribution < 1.29 is 18.6 Å². The lowest BCUT2D eigenvalue weighted by Gasteiger charge is -2.19. The third-order valence-electron chi connectivity index (χ3n) is 3.09. The van der Waals surface area contributed by atoms with Gasteiger partial charge in [-0.1, -0.05) is 0 Å². The molecule has 2 unspecified atom stereocenters. The monoisotopic (exact) mass is 257 g/mol. The van der Waals surface area contributed by atoms with Crippen molar-refractivity contribution in [1.29, 1.82) is 0 Å². The van der Waals surface area contributed by atoms with Gasteiger partial charge >= 0.3 is 0 Å². The number of nitrogens with one attached hydrogen (secondary N) is 1. The van der Waals surface area contributed by atoms with Crippen LogP contribution in [0.5, 0.6) is 0 Å². The van der Waals surface area contributed by atoms with Crippen LogP contribution in [-0.4, -0.2) is 31.0 Å². The van der Waals surface area contributed by atoms with Gasteiger partial charge in [0.2, 0.25) is 0 Å². The number of aliphatic hydroxyl groups is 1. The van der Waals surface area contributed by atoms with Crippen LogP contribution in [0.4, 0.5) is 8.78 Å². The summed E-state index contributed by atoms with van der Waals surface area (Å²) in [6.07, 6.45) is 2.13. The molecule has 1 fully saturated rings. The maximum atomic E-state index is 13.1. The highest BCUT2D eigenvalue weighted by Crippen LogP contribution is 2.17. The van der Waals surface area contributed by atoms with E-state index in [0.29, 0.717) is 12.1 Å². The van der Waals surface area contributed by atoms with Crippen molar-refractivity contribution in [2.75, 3.05) is 19.8 Å². The predicted molar refractivity (Wildman–Crippen MR) is 63.2 cm³/mol. The molecule has 1 saturated heterocycles. The van der Waals surface area contributed by atoms with E-state index in [1.807, 2.05) is 0 Å². The van der Waals surface area contributed by atoms with Crippen LogP contribution in [-0.2, 0) is 4.74 Å². The van der Waals surface area contributed by atoms with Gasteiger partial charge in [0, 0.05) is 19.2 Å². The Morgan fingerprint density at radius 3 is 2.61 bits per heavy atom. The molecule has 0 spiro atoms. The van der Waals surface area contributed by atoms with Crippen LogP contribution in [0, 0.1) is 11.6 Å². The molecule has 3 nitrogen and oxygen atoms in total. The Morgan fingerprint density at radius 2 is 2.06 bits per heavy atom. The summed E-state index contributed by atoms with van der Waals surface area (Å²) in [5.41, 5.74) is 0.410. The Hall–Kier alpha value is -1.04. The highest BCUT2D eigenvalue weighted by Gasteiger charge is 2.18. The first-order chi connectivity index (χ1) is 8.69. The lowest BCUT2D eigenvalue weighted by atomic mass is 10.1. The maximum Gasteiger partial charge on any atom is 0.126 e. The number of halogens is 2. The van der Waals surface area contributed by atoms with Gasteiger partial charge in [0.05, 0.1) is 18.8 Å². The van der Waals surface area contributed by atoms with Crippen LogP contribution < -0.4 is 5.32 Å². The molecule has 2 rings (SSSR count). The summed E-state index contributed by atoms with van der Waals surface area (Å²) >= 11 is 0. The first-order valence-electron chi connectivity index (χ1n) is 6.11. The van der Waals surface area contributed by atoms with E-state index in [1.54, 1.807) is 0 Å². The summed E-state index contributed by atoms with van der Waals surface area (Å²) in [6.45, 7) is 1.11. The van der Waals surface area contributed by atoms with Crippen LogP contribution in [0.15, 0.2) is 18.2 Å². The molecule has 0 radical (unpaired) electrons. The van der Waals surface area contributed by atoms with Gasteiger partial charge in [-0.2, -0.15) is 0 Å². The van der Waals surface area contributed by atoms with Crippen LogP contribution >= 0.6 is 0 Å². The number of hydrogen-bond donors (Lipinski definition) is 2. The minimum Gasteiger partial charge on any atom is -0.394 e. The molecule has 18 heavy (non-hydrogen) atoms. The minimum absolute atomic E-state index is 0.123. The third kappa shape index (κ3) is 3.48. The molecule has 100 valence electrons. The molecule has 5 heteroatoms. The summed E-state index contributed by atoms with van der Waals surface area (Å²) in [5, 5.41) is 12.4. The average Bonchev–Trinajstić information content (AvgIpc) is 2.81. The topological polar surface area (TPSA) is 41.5 Å². The summed E-state index contributed by atoms with van der Waals surface area (Å²) < 4.78 is 31.6. The third-order valence-corrected chi connectivity index (χ3v) is 3.09. The fourth-order valence-corrected chi connectivity index (χ4v) is 2.14. The molecule has 1 aromatic carbocycles. The summed E-state index contributed by atoms with van der Waals surface area (Å²) in [5.74, 6) is -1.27. The van der Waals surface area contributed by atoms with Gasteiger partial charge in [-0.05, 0) is 30.5 Å². The van der Waals surface area contributed by atoms with Gasteiger partial charge < -0.3 is 15.2 Å². The van der Waals surface area contributed by atoms with Crippen molar-refractivity contribution in [3.8, 4) is 0 Å². The van der Waals surface area contributed by atoms with Crippen LogP contribution in [0.3, 0.4) is 0 Å².